The van der Waals surface area contributed by atoms with Crippen LogP contribution in [-0.2, 0) is 0 Å². The van der Waals surface area contributed by atoms with Crippen molar-refractivity contribution >= 4 is 0 Å². The summed E-state index contributed by atoms with van der Waals surface area (Å²) in [6.45, 7) is 13.8. The third-order valence-corrected chi connectivity index (χ3v) is 3.35. The van der Waals surface area contributed by atoms with E-state index in [-0.39, 0.29) is 0 Å². The van der Waals surface area contributed by atoms with Crippen LogP contribution < -0.4 is 5.32 Å². The van der Waals surface area contributed by atoms with Gasteiger partial charge in [0.1, 0.15) is 0 Å². The monoisotopic (exact) mass is 213 g/mol. The van der Waals surface area contributed by atoms with Gasteiger partial charge < -0.3 is 5.32 Å². The molecule has 0 fully saturated rings. The zero-order chi connectivity index (χ0) is 11.9. The fourth-order valence-corrected chi connectivity index (χ4v) is 2.55. The van der Waals surface area contributed by atoms with Crippen LogP contribution in [0.5, 0.6) is 0 Å². The van der Waals surface area contributed by atoms with Gasteiger partial charge in [-0.3, -0.25) is 0 Å². The quantitative estimate of drug-likeness (QED) is 0.631. The first-order chi connectivity index (χ1) is 6.95. The van der Waals surface area contributed by atoms with Crippen molar-refractivity contribution < 1.29 is 0 Å². The maximum atomic E-state index is 3.76. The number of hydrogen-bond acceptors (Lipinski definition) is 1. The lowest BCUT2D eigenvalue weighted by Crippen LogP contribution is -2.45. The van der Waals surface area contributed by atoms with E-state index in [1.54, 1.807) is 0 Å². The second-order valence-electron chi connectivity index (χ2n) is 5.60. The minimum Gasteiger partial charge on any atom is -0.309 e. The first kappa shape index (κ1) is 15.0. The van der Waals surface area contributed by atoms with Gasteiger partial charge in [-0.25, -0.2) is 0 Å². The maximum absolute atomic E-state index is 3.76. The van der Waals surface area contributed by atoms with Crippen molar-refractivity contribution in [2.24, 2.45) is 5.92 Å². The van der Waals surface area contributed by atoms with Crippen LogP contribution in [0.2, 0.25) is 0 Å². The number of hydrogen-bond donors (Lipinski definition) is 1. The standard InChI is InChI=1S/C14H31N/c1-7-10-14(5,6)15-12(4)11-13(8-2)9-3/h12-13,15H,7-11H2,1-6H3. The number of nitrogens with one attached hydrogen (secondary N) is 1. The third-order valence-electron chi connectivity index (χ3n) is 3.35. The zero-order valence-electron chi connectivity index (χ0n) is 11.7. The molecule has 1 nitrogen and oxygen atoms in total. The average Bonchev–Trinajstić information content (AvgIpc) is 2.13. The fourth-order valence-electron chi connectivity index (χ4n) is 2.55. The van der Waals surface area contributed by atoms with Crippen LogP contribution in [-0.4, -0.2) is 11.6 Å². The summed E-state index contributed by atoms with van der Waals surface area (Å²) in [5.74, 6) is 0.893. The van der Waals surface area contributed by atoms with Crippen LogP contribution in [0.15, 0.2) is 0 Å². The first-order valence-corrected chi connectivity index (χ1v) is 6.72. The Hall–Kier alpha value is -0.0400. The zero-order valence-corrected chi connectivity index (χ0v) is 11.7. The summed E-state index contributed by atoms with van der Waals surface area (Å²) in [6.07, 6.45) is 6.48. The molecule has 0 spiro atoms. The van der Waals surface area contributed by atoms with E-state index in [1.165, 1.54) is 32.1 Å². The summed E-state index contributed by atoms with van der Waals surface area (Å²) in [5, 5.41) is 3.76. The predicted octanol–water partition coefficient (Wildman–Crippen LogP) is 4.37. The van der Waals surface area contributed by atoms with E-state index in [1.807, 2.05) is 0 Å². The van der Waals surface area contributed by atoms with E-state index < -0.39 is 0 Å². The van der Waals surface area contributed by atoms with Crippen molar-refractivity contribution in [3.63, 3.8) is 0 Å². The van der Waals surface area contributed by atoms with Gasteiger partial charge in [0.15, 0.2) is 0 Å². The van der Waals surface area contributed by atoms with Crippen molar-refractivity contribution in [1.82, 2.24) is 5.32 Å². The van der Waals surface area contributed by atoms with Crippen LogP contribution in [0.1, 0.15) is 73.6 Å². The summed E-state index contributed by atoms with van der Waals surface area (Å²) in [5.41, 5.74) is 0.306. The van der Waals surface area contributed by atoms with Crippen LogP contribution in [0.4, 0.5) is 0 Å². The van der Waals surface area contributed by atoms with E-state index in [0.29, 0.717) is 11.6 Å². The second-order valence-corrected chi connectivity index (χ2v) is 5.60. The van der Waals surface area contributed by atoms with Gasteiger partial charge >= 0.3 is 0 Å². The first-order valence-electron chi connectivity index (χ1n) is 6.72. The molecule has 0 bridgehead atoms. The Balaban J connectivity index is 3.95. The van der Waals surface area contributed by atoms with E-state index in [0.717, 1.165) is 5.92 Å². The van der Waals surface area contributed by atoms with Crippen molar-refractivity contribution in [1.29, 1.82) is 0 Å². The molecule has 0 aromatic rings. The van der Waals surface area contributed by atoms with Gasteiger partial charge in [0.2, 0.25) is 0 Å². The Morgan fingerprint density at radius 2 is 1.60 bits per heavy atom. The van der Waals surface area contributed by atoms with Crippen molar-refractivity contribution in [3.05, 3.63) is 0 Å². The van der Waals surface area contributed by atoms with E-state index >= 15 is 0 Å². The summed E-state index contributed by atoms with van der Waals surface area (Å²) in [6, 6.07) is 0.649. The fraction of sp³-hybridized carbons (Fsp3) is 1.00. The Bertz CT molecular complexity index is 147. The molecule has 1 heteroatoms. The smallest absolute Gasteiger partial charge is 0.0127 e. The normalized spacial score (nSPS) is 14.6. The minimum atomic E-state index is 0.306. The molecule has 0 radical (unpaired) electrons. The Morgan fingerprint density at radius 1 is 1.07 bits per heavy atom. The molecule has 0 aliphatic rings. The minimum absolute atomic E-state index is 0.306. The van der Waals surface area contributed by atoms with E-state index in [2.05, 4.69) is 46.9 Å². The van der Waals surface area contributed by atoms with Gasteiger partial charge in [-0.05, 0) is 39.5 Å². The molecule has 1 unspecified atom stereocenters. The van der Waals surface area contributed by atoms with E-state index in [4.69, 9.17) is 0 Å². The molecule has 0 aromatic heterocycles. The molecular formula is C14H31N. The highest BCUT2D eigenvalue weighted by atomic mass is 15.0. The van der Waals surface area contributed by atoms with Gasteiger partial charge in [-0.1, -0.05) is 40.0 Å². The lowest BCUT2D eigenvalue weighted by Gasteiger charge is -2.31. The topological polar surface area (TPSA) is 12.0 Å². The molecule has 0 saturated heterocycles. The molecule has 1 atom stereocenters. The Kier molecular flexibility index (Phi) is 7.25. The second kappa shape index (κ2) is 7.27. The largest absolute Gasteiger partial charge is 0.309 e. The summed E-state index contributed by atoms with van der Waals surface area (Å²) >= 11 is 0. The van der Waals surface area contributed by atoms with Gasteiger partial charge in [0.25, 0.3) is 0 Å². The molecule has 1 N–H and O–H groups in total. The molecular weight excluding hydrogens is 182 g/mol. The van der Waals surface area contributed by atoms with Gasteiger partial charge in [-0.15, -0.1) is 0 Å². The molecule has 0 saturated carbocycles. The summed E-state index contributed by atoms with van der Waals surface area (Å²) in [7, 11) is 0. The van der Waals surface area contributed by atoms with Crippen LogP contribution in [0.3, 0.4) is 0 Å². The van der Waals surface area contributed by atoms with Crippen LogP contribution in [0, 0.1) is 5.92 Å². The molecule has 0 aromatic carbocycles. The molecule has 0 aliphatic carbocycles. The van der Waals surface area contributed by atoms with Crippen LogP contribution in [0.25, 0.3) is 0 Å². The molecule has 92 valence electrons. The van der Waals surface area contributed by atoms with Gasteiger partial charge in [0, 0.05) is 11.6 Å². The summed E-state index contributed by atoms with van der Waals surface area (Å²) < 4.78 is 0. The maximum Gasteiger partial charge on any atom is 0.0127 e. The lowest BCUT2D eigenvalue weighted by molar-refractivity contribution is 0.283. The van der Waals surface area contributed by atoms with Gasteiger partial charge in [0.05, 0.1) is 0 Å². The Morgan fingerprint density at radius 3 is 2.00 bits per heavy atom. The predicted molar refractivity (Wildman–Crippen MR) is 70.3 cm³/mol. The molecule has 0 heterocycles. The molecule has 0 aliphatic heterocycles. The van der Waals surface area contributed by atoms with Crippen molar-refractivity contribution in [2.75, 3.05) is 0 Å². The summed E-state index contributed by atoms with van der Waals surface area (Å²) in [4.78, 5) is 0. The average molecular weight is 213 g/mol. The van der Waals surface area contributed by atoms with Crippen molar-refractivity contribution in [2.45, 2.75) is 85.2 Å². The Labute approximate surface area is 97.0 Å². The van der Waals surface area contributed by atoms with E-state index in [9.17, 15) is 0 Å². The third kappa shape index (κ3) is 6.94. The van der Waals surface area contributed by atoms with Gasteiger partial charge in [-0.2, -0.15) is 0 Å². The van der Waals surface area contributed by atoms with Crippen molar-refractivity contribution in [3.8, 4) is 0 Å². The lowest BCUT2D eigenvalue weighted by atomic mass is 9.92. The van der Waals surface area contributed by atoms with Crippen LogP contribution >= 0.6 is 0 Å². The molecule has 0 amide bonds. The SMILES string of the molecule is CCCC(C)(C)NC(C)CC(CC)CC. The highest BCUT2D eigenvalue weighted by Crippen LogP contribution is 2.18. The molecule has 15 heavy (non-hydrogen) atoms. The highest BCUT2D eigenvalue weighted by Gasteiger charge is 2.19. The molecule has 0 rings (SSSR count). The number of rotatable bonds is 8. The highest BCUT2D eigenvalue weighted by molar-refractivity contribution is 4.81.